The summed E-state index contributed by atoms with van der Waals surface area (Å²) < 4.78 is 7.42. The van der Waals surface area contributed by atoms with Crippen LogP contribution in [0.1, 0.15) is 31.3 Å². The van der Waals surface area contributed by atoms with Crippen LogP contribution in [0, 0.1) is 0 Å². The summed E-state index contributed by atoms with van der Waals surface area (Å²) in [4.78, 5) is 13.7. The third-order valence-electron chi connectivity index (χ3n) is 3.35. The predicted molar refractivity (Wildman–Crippen MR) is 83.0 cm³/mol. The molecule has 1 amide bonds. The third-order valence-corrected chi connectivity index (χ3v) is 3.35. The Morgan fingerprint density at radius 1 is 1.32 bits per heavy atom. The van der Waals surface area contributed by atoms with Crippen LogP contribution in [0.15, 0.2) is 36.7 Å². The Labute approximate surface area is 130 Å². The van der Waals surface area contributed by atoms with Gasteiger partial charge in [-0.1, -0.05) is 30.3 Å². The topological polar surface area (TPSA) is 60.2 Å². The molecule has 0 aliphatic rings. The Morgan fingerprint density at radius 3 is 2.73 bits per heavy atom. The highest BCUT2D eigenvalue weighted by Crippen LogP contribution is 2.08. The summed E-state index contributed by atoms with van der Waals surface area (Å²) in [6, 6.07) is 10.1. The number of hydrogen-bond acceptors (Lipinski definition) is 4. The van der Waals surface area contributed by atoms with E-state index in [-0.39, 0.29) is 18.6 Å². The van der Waals surface area contributed by atoms with Crippen LogP contribution in [-0.4, -0.2) is 39.2 Å². The smallest absolute Gasteiger partial charge is 0.248 e. The minimum atomic E-state index is -0.0748. The van der Waals surface area contributed by atoms with E-state index in [4.69, 9.17) is 4.74 Å². The normalized spacial score (nSPS) is 10.9. The summed E-state index contributed by atoms with van der Waals surface area (Å²) in [5, 5.41) is 7.97. The molecule has 0 aliphatic carbocycles. The van der Waals surface area contributed by atoms with Gasteiger partial charge in [-0.2, -0.15) is 0 Å². The zero-order valence-corrected chi connectivity index (χ0v) is 13.3. The van der Waals surface area contributed by atoms with Crippen LogP contribution < -0.4 is 0 Å². The molecule has 0 fully saturated rings. The number of carbonyl (C=O) groups is 1. The van der Waals surface area contributed by atoms with Crippen LogP contribution in [0.25, 0.3) is 0 Å². The van der Waals surface area contributed by atoms with E-state index in [1.165, 1.54) is 0 Å². The first-order valence-corrected chi connectivity index (χ1v) is 7.32. The van der Waals surface area contributed by atoms with Gasteiger partial charge in [-0.05, 0) is 19.4 Å². The fourth-order valence-electron chi connectivity index (χ4n) is 2.05. The van der Waals surface area contributed by atoms with Crippen LogP contribution in [0.2, 0.25) is 0 Å². The van der Waals surface area contributed by atoms with Crippen molar-refractivity contribution in [3.8, 4) is 0 Å². The Kier molecular flexibility index (Phi) is 5.66. The van der Waals surface area contributed by atoms with E-state index < -0.39 is 0 Å². The Balaban J connectivity index is 1.81. The van der Waals surface area contributed by atoms with Crippen molar-refractivity contribution in [3.63, 3.8) is 0 Å². The Bertz CT molecular complexity index is 595. The van der Waals surface area contributed by atoms with Crippen molar-refractivity contribution >= 4 is 5.91 Å². The lowest BCUT2D eigenvalue weighted by Crippen LogP contribution is -2.31. The zero-order chi connectivity index (χ0) is 15.9. The molecule has 6 heteroatoms. The van der Waals surface area contributed by atoms with Crippen molar-refractivity contribution in [1.82, 2.24) is 19.7 Å². The molecule has 0 radical (unpaired) electrons. The van der Waals surface area contributed by atoms with Gasteiger partial charge in [0.1, 0.15) is 12.9 Å². The highest BCUT2D eigenvalue weighted by Gasteiger charge is 2.14. The number of likely N-dealkylation sites (N-methyl/N-ethyl adjacent to an activating group) is 1. The minimum Gasteiger partial charge on any atom is -0.367 e. The maximum Gasteiger partial charge on any atom is 0.248 e. The number of benzene rings is 1. The molecular weight excluding hydrogens is 280 g/mol. The lowest BCUT2D eigenvalue weighted by molar-refractivity contribution is -0.135. The Morgan fingerprint density at radius 2 is 2.05 bits per heavy atom. The van der Waals surface area contributed by atoms with Gasteiger partial charge in [0.2, 0.25) is 5.91 Å². The molecular formula is C16H22N4O2. The van der Waals surface area contributed by atoms with E-state index in [0.29, 0.717) is 13.2 Å². The van der Waals surface area contributed by atoms with E-state index >= 15 is 0 Å². The number of hydrogen-bond donors (Lipinski definition) is 0. The van der Waals surface area contributed by atoms with Crippen LogP contribution in [0.5, 0.6) is 0 Å². The molecule has 1 aromatic heterocycles. The largest absolute Gasteiger partial charge is 0.367 e. The minimum absolute atomic E-state index is 0.0568. The SMILES string of the molecule is CC(C)n1cnnc1CN(C)C(=O)COCc1ccccc1. The fourth-order valence-corrected chi connectivity index (χ4v) is 2.05. The van der Waals surface area contributed by atoms with E-state index in [1.807, 2.05) is 34.9 Å². The monoisotopic (exact) mass is 302 g/mol. The average molecular weight is 302 g/mol. The van der Waals surface area contributed by atoms with Gasteiger partial charge in [0.15, 0.2) is 5.82 Å². The first-order chi connectivity index (χ1) is 10.6. The molecule has 0 aliphatic heterocycles. The first kappa shape index (κ1) is 16.2. The van der Waals surface area contributed by atoms with Crippen LogP contribution in [-0.2, 0) is 22.7 Å². The van der Waals surface area contributed by atoms with Crippen LogP contribution >= 0.6 is 0 Å². The van der Waals surface area contributed by atoms with Gasteiger partial charge in [-0.25, -0.2) is 0 Å². The molecule has 22 heavy (non-hydrogen) atoms. The van der Waals surface area contributed by atoms with Gasteiger partial charge in [-0.3, -0.25) is 4.79 Å². The number of amides is 1. The fraction of sp³-hybridized carbons (Fsp3) is 0.438. The summed E-state index contributed by atoms with van der Waals surface area (Å²) in [6.07, 6.45) is 1.68. The number of carbonyl (C=O) groups excluding carboxylic acids is 1. The van der Waals surface area contributed by atoms with Crippen molar-refractivity contribution < 1.29 is 9.53 Å². The van der Waals surface area contributed by atoms with Gasteiger partial charge >= 0.3 is 0 Å². The standard InChI is InChI=1S/C16H22N4O2/c1-13(2)20-12-17-18-15(20)9-19(3)16(21)11-22-10-14-7-5-4-6-8-14/h4-8,12-13H,9-11H2,1-3H3. The highest BCUT2D eigenvalue weighted by atomic mass is 16.5. The van der Waals surface area contributed by atoms with Crippen LogP contribution in [0.4, 0.5) is 0 Å². The number of nitrogens with zero attached hydrogens (tertiary/aromatic N) is 4. The second-order valence-corrected chi connectivity index (χ2v) is 5.48. The molecule has 6 nitrogen and oxygen atoms in total. The third kappa shape index (κ3) is 4.39. The molecule has 2 rings (SSSR count). The summed E-state index contributed by atoms with van der Waals surface area (Å²) in [6.45, 7) is 5.02. The Hall–Kier alpha value is -2.21. The summed E-state index contributed by atoms with van der Waals surface area (Å²) in [5.41, 5.74) is 1.05. The maximum atomic E-state index is 12.1. The quantitative estimate of drug-likeness (QED) is 0.785. The van der Waals surface area contributed by atoms with Crippen LogP contribution in [0.3, 0.4) is 0 Å². The van der Waals surface area contributed by atoms with Crippen molar-refractivity contribution in [2.45, 2.75) is 33.0 Å². The lowest BCUT2D eigenvalue weighted by atomic mass is 10.2. The van der Waals surface area contributed by atoms with Gasteiger partial charge < -0.3 is 14.2 Å². The van der Waals surface area contributed by atoms with Crippen molar-refractivity contribution in [1.29, 1.82) is 0 Å². The van der Waals surface area contributed by atoms with Crippen molar-refractivity contribution in [2.75, 3.05) is 13.7 Å². The first-order valence-electron chi connectivity index (χ1n) is 7.32. The summed E-state index contributed by atoms with van der Waals surface area (Å²) >= 11 is 0. The van der Waals surface area contributed by atoms with Crippen molar-refractivity contribution in [2.24, 2.45) is 0 Å². The molecule has 0 N–H and O–H groups in total. The second-order valence-electron chi connectivity index (χ2n) is 5.48. The summed E-state index contributed by atoms with van der Waals surface area (Å²) in [7, 11) is 1.74. The second kappa shape index (κ2) is 7.70. The average Bonchev–Trinajstić information content (AvgIpc) is 2.96. The zero-order valence-electron chi connectivity index (χ0n) is 13.3. The highest BCUT2D eigenvalue weighted by molar-refractivity contribution is 5.77. The molecule has 1 heterocycles. The van der Waals surface area contributed by atoms with E-state index in [1.54, 1.807) is 18.3 Å². The summed E-state index contributed by atoms with van der Waals surface area (Å²) in [5.74, 6) is 0.697. The molecule has 0 spiro atoms. The van der Waals surface area contributed by atoms with E-state index in [9.17, 15) is 4.79 Å². The molecule has 0 saturated carbocycles. The van der Waals surface area contributed by atoms with E-state index in [0.717, 1.165) is 11.4 Å². The molecule has 0 saturated heterocycles. The maximum absolute atomic E-state index is 12.1. The molecule has 0 bridgehead atoms. The molecule has 0 unspecified atom stereocenters. The van der Waals surface area contributed by atoms with Gasteiger partial charge in [0, 0.05) is 13.1 Å². The molecule has 1 aromatic carbocycles. The molecule has 118 valence electrons. The number of rotatable bonds is 7. The van der Waals surface area contributed by atoms with Gasteiger partial charge in [0.25, 0.3) is 0 Å². The van der Waals surface area contributed by atoms with Gasteiger partial charge in [-0.15, -0.1) is 10.2 Å². The molecule has 2 aromatic rings. The van der Waals surface area contributed by atoms with E-state index in [2.05, 4.69) is 24.0 Å². The predicted octanol–water partition coefficient (Wildman–Crippen LogP) is 2.03. The molecule has 0 atom stereocenters. The number of aromatic nitrogens is 3. The lowest BCUT2D eigenvalue weighted by Gasteiger charge is -2.18. The number of ether oxygens (including phenoxy) is 1. The van der Waals surface area contributed by atoms with Crippen molar-refractivity contribution in [3.05, 3.63) is 48.0 Å². The van der Waals surface area contributed by atoms with Gasteiger partial charge in [0.05, 0.1) is 13.2 Å².